The predicted octanol–water partition coefficient (Wildman–Crippen LogP) is 1.65. The van der Waals surface area contributed by atoms with E-state index in [1.165, 1.54) is 25.7 Å². The van der Waals surface area contributed by atoms with Gasteiger partial charge in [0.05, 0.1) is 6.20 Å². The lowest BCUT2D eigenvalue weighted by atomic mass is 9.89. The number of nitrogens with one attached hydrogen (secondary N) is 1. The van der Waals surface area contributed by atoms with E-state index >= 15 is 0 Å². The zero-order valence-corrected chi connectivity index (χ0v) is 12.8. The summed E-state index contributed by atoms with van der Waals surface area (Å²) in [6.45, 7) is 1.83. The van der Waals surface area contributed by atoms with Crippen molar-refractivity contribution in [3.8, 4) is 0 Å². The Hall–Kier alpha value is -0.210. The third-order valence-electron chi connectivity index (χ3n) is 4.23. The van der Waals surface area contributed by atoms with Crippen LogP contribution in [0.5, 0.6) is 0 Å². The van der Waals surface area contributed by atoms with Crippen molar-refractivity contribution in [1.82, 2.24) is 20.3 Å². The highest BCUT2D eigenvalue weighted by Gasteiger charge is 2.39. The Labute approximate surface area is 124 Å². The first-order chi connectivity index (χ1) is 8.28. The lowest BCUT2D eigenvalue weighted by Gasteiger charge is -2.41. The van der Waals surface area contributed by atoms with Crippen LogP contribution in [0.2, 0.25) is 0 Å². The summed E-state index contributed by atoms with van der Waals surface area (Å²) < 4.78 is 0. The summed E-state index contributed by atoms with van der Waals surface area (Å²) in [4.78, 5) is 2.45. The number of nitrogens with zero attached hydrogens (tertiary/aromatic N) is 3. The molecule has 6 heteroatoms. The molecule has 1 aromatic rings. The highest BCUT2D eigenvalue weighted by atomic mass is 127. The third kappa shape index (κ3) is 2.70. The van der Waals surface area contributed by atoms with Crippen molar-refractivity contribution in [1.29, 1.82) is 0 Å². The summed E-state index contributed by atoms with van der Waals surface area (Å²) in [7, 11) is 0. The van der Waals surface area contributed by atoms with Gasteiger partial charge in [0.25, 0.3) is 0 Å². The Balaban J connectivity index is 0.00000120. The molecule has 1 aromatic heterocycles. The largest absolute Gasteiger partial charge is 0.382 e. The van der Waals surface area contributed by atoms with E-state index in [4.69, 9.17) is 0 Å². The fraction of sp³-hybridized carbons (Fsp3) is 0.833. The average molecular weight is 364 g/mol. The van der Waals surface area contributed by atoms with E-state index in [-0.39, 0.29) is 24.0 Å². The van der Waals surface area contributed by atoms with Gasteiger partial charge in [-0.25, -0.2) is 0 Å². The Kier molecular flexibility index (Phi) is 4.60. The fourth-order valence-corrected chi connectivity index (χ4v) is 3.28. The minimum Gasteiger partial charge on any atom is -0.382 e. The number of H-pyrrole nitrogens is 1. The van der Waals surface area contributed by atoms with Gasteiger partial charge in [-0.1, -0.05) is 12.8 Å². The van der Waals surface area contributed by atoms with Crippen molar-refractivity contribution in [3.63, 3.8) is 0 Å². The molecule has 1 atom stereocenters. The van der Waals surface area contributed by atoms with Crippen LogP contribution in [0.25, 0.3) is 0 Å². The second-order valence-corrected chi connectivity index (χ2v) is 5.40. The molecular formula is C12H21IN4O. The van der Waals surface area contributed by atoms with Crippen LogP contribution in [0.3, 0.4) is 0 Å². The molecule has 18 heavy (non-hydrogen) atoms. The summed E-state index contributed by atoms with van der Waals surface area (Å²) >= 11 is 0. The number of piperidine rings is 1. The molecule has 2 aliphatic rings. The first-order valence-electron chi connectivity index (χ1n) is 6.61. The van der Waals surface area contributed by atoms with Gasteiger partial charge < -0.3 is 5.11 Å². The Bertz CT molecular complexity index is 366. The number of β-amino-alcohol motifs (C(OH)–C–C–N with tert-alkyl or cyclic N) is 1. The standard InChI is InChI=1S/C12H20N4O.HI/c17-12(11-8-13-15-14-11)6-3-7-16(9-12)10-4-1-2-5-10;/h8,10,17H,1-7,9H2,(H,13,14,15);1H. The number of hydrogen-bond donors (Lipinski definition) is 2. The first kappa shape index (κ1) is 14.2. The molecule has 1 saturated carbocycles. The monoisotopic (exact) mass is 364 g/mol. The molecule has 1 aliphatic heterocycles. The van der Waals surface area contributed by atoms with Crippen LogP contribution in [0.15, 0.2) is 6.20 Å². The van der Waals surface area contributed by atoms with Crippen molar-refractivity contribution in [2.24, 2.45) is 0 Å². The Morgan fingerprint density at radius 1 is 1.33 bits per heavy atom. The van der Waals surface area contributed by atoms with Gasteiger partial charge in [-0.2, -0.15) is 15.4 Å². The lowest BCUT2D eigenvalue weighted by molar-refractivity contribution is -0.0509. The molecule has 2 fully saturated rings. The molecule has 0 bridgehead atoms. The zero-order chi connectivity index (χ0) is 11.7. The molecule has 1 aliphatic carbocycles. The summed E-state index contributed by atoms with van der Waals surface area (Å²) in [6.07, 6.45) is 8.73. The third-order valence-corrected chi connectivity index (χ3v) is 4.23. The van der Waals surface area contributed by atoms with Crippen LogP contribution in [0, 0.1) is 0 Å². The number of aromatic nitrogens is 3. The maximum atomic E-state index is 10.7. The van der Waals surface area contributed by atoms with Gasteiger partial charge in [0.2, 0.25) is 0 Å². The number of aliphatic hydroxyl groups is 1. The van der Waals surface area contributed by atoms with E-state index in [1.807, 2.05) is 0 Å². The van der Waals surface area contributed by atoms with E-state index in [0.717, 1.165) is 19.4 Å². The van der Waals surface area contributed by atoms with Gasteiger partial charge in [-0.15, -0.1) is 24.0 Å². The second kappa shape index (κ2) is 5.83. The molecule has 0 radical (unpaired) electrons. The Morgan fingerprint density at radius 2 is 2.11 bits per heavy atom. The highest BCUT2D eigenvalue weighted by molar-refractivity contribution is 14.0. The van der Waals surface area contributed by atoms with Crippen molar-refractivity contribution in [2.45, 2.75) is 50.2 Å². The summed E-state index contributed by atoms with van der Waals surface area (Å²) in [6, 6.07) is 0.675. The topological polar surface area (TPSA) is 65.0 Å². The predicted molar refractivity (Wildman–Crippen MR) is 78.8 cm³/mol. The molecule has 0 spiro atoms. The maximum Gasteiger partial charge on any atom is 0.123 e. The van der Waals surface area contributed by atoms with E-state index in [0.29, 0.717) is 18.3 Å². The number of likely N-dealkylation sites (tertiary alicyclic amines) is 1. The molecule has 102 valence electrons. The van der Waals surface area contributed by atoms with Crippen LogP contribution in [0.1, 0.15) is 44.2 Å². The lowest BCUT2D eigenvalue weighted by Crippen LogP contribution is -2.49. The van der Waals surface area contributed by atoms with E-state index < -0.39 is 5.60 Å². The van der Waals surface area contributed by atoms with E-state index in [9.17, 15) is 5.11 Å². The number of halogens is 1. The molecule has 1 saturated heterocycles. The second-order valence-electron chi connectivity index (χ2n) is 5.40. The smallest absolute Gasteiger partial charge is 0.123 e. The zero-order valence-electron chi connectivity index (χ0n) is 10.5. The van der Waals surface area contributed by atoms with Gasteiger partial charge in [0.1, 0.15) is 11.3 Å². The van der Waals surface area contributed by atoms with Gasteiger partial charge in [-0.3, -0.25) is 4.90 Å². The van der Waals surface area contributed by atoms with Gasteiger partial charge in [-0.05, 0) is 32.2 Å². The molecule has 3 rings (SSSR count). The fourth-order valence-electron chi connectivity index (χ4n) is 3.28. The molecule has 1 unspecified atom stereocenters. The number of hydrogen-bond acceptors (Lipinski definition) is 4. The van der Waals surface area contributed by atoms with Crippen LogP contribution in [-0.2, 0) is 5.60 Å². The van der Waals surface area contributed by atoms with E-state index in [2.05, 4.69) is 20.3 Å². The number of aromatic amines is 1. The van der Waals surface area contributed by atoms with Crippen LogP contribution in [-0.4, -0.2) is 44.5 Å². The van der Waals surface area contributed by atoms with Gasteiger partial charge in [0, 0.05) is 12.6 Å². The van der Waals surface area contributed by atoms with Crippen LogP contribution in [0.4, 0.5) is 0 Å². The van der Waals surface area contributed by atoms with Gasteiger partial charge >= 0.3 is 0 Å². The molecule has 0 aromatic carbocycles. The molecule has 2 N–H and O–H groups in total. The highest BCUT2D eigenvalue weighted by Crippen LogP contribution is 2.34. The van der Waals surface area contributed by atoms with E-state index in [1.54, 1.807) is 6.20 Å². The summed E-state index contributed by atoms with van der Waals surface area (Å²) in [5.74, 6) is 0. The number of rotatable bonds is 2. The quantitative estimate of drug-likeness (QED) is 0.784. The van der Waals surface area contributed by atoms with Gasteiger partial charge in [0.15, 0.2) is 0 Å². The maximum absolute atomic E-state index is 10.7. The molecule has 0 amide bonds. The van der Waals surface area contributed by atoms with Crippen molar-refractivity contribution in [3.05, 3.63) is 11.9 Å². The van der Waals surface area contributed by atoms with Crippen LogP contribution >= 0.6 is 24.0 Å². The molecule has 5 nitrogen and oxygen atoms in total. The molecular weight excluding hydrogens is 343 g/mol. The average Bonchev–Trinajstić information content (AvgIpc) is 3.03. The minimum absolute atomic E-state index is 0. The minimum atomic E-state index is -0.798. The SMILES string of the molecule is I.OC1(c2cn[nH]n2)CCCN(C2CCCC2)C1. The van der Waals surface area contributed by atoms with Crippen molar-refractivity contribution in [2.75, 3.05) is 13.1 Å². The van der Waals surface area contributed by atoms with Crippen molar-refractivity contribution >= 4 is 24.0 Å². The van der Waals surface area contributed by atoms with Crippen LogP contribution < -0.4 is 0 Å². The normalized spacial score (nSPS) is 30.3. The summed E-state index contributed by atoms with van der Waals surface area (Å²) in [5.41, 5.74) is -0.103. The molecule has 2 heterocycles. The first-order valence-corrected chi connectivity index (χ1v) is 6.61. The summed E-state index contributed by atoms with van der Waals surface area (Å²) in [5, 5.41) is 21.2. The Morgan fingerprint density at radius 3 is 2.78 bits per heavy atom. The van der Waals surface area contributed by atoms with Crippen molar-refractivity contribution < 1.29 is 5.11 Å².